The van der Waals surface area contributed by atoms with Crippen molar-refractivity contribution in [1.29, 1.82) is 0 Å². The van der Waals surface area contributed by atoms with Crippen molar-refractivity contribution in [2.75, 3.05) is 0 Å². The van der Waals surface area contributed by atoms with Gasteiger partial charge in [-0.05, 0) is 0 Å². The van der Waals surface area contributed by atoms with Crippen LogP contribution in [0.1, 0.15) is 0 Å². The molecule has 0 saturated heterocycles. The second-order valence-corrected chi connectivity index (χ2v) is 0.0962. The fraction of sp³-hybridized carbons (Fsp3) is 0. The van der Waals surface area contributed by atoms with E-state index in [2.05, 4.69) is 0 Å². The molecular formula is BO2Rb2. The monoisotopic (exact) mass is 213 g/mol. The SMILES string of the molecule is [O-][B][O-].[Rb+].[Rb+]. The Morgan fingerprint density at radius 3 is 1.00 bits per heavy atom. The summed E-state index contributed by atoms with van der Waals surface area (Å²) in [7, 11) is -0.500. The quantitative estimate of drug-likeness (QED) is 0.376. The van der Waals surface area contributed by atoms with Crippen LogP contribution in [0.2, 0.25) is 0 Å². The second-order valence-electron chi connectivity index (χ2n) is 0.0962. The largest absolute Gasteiger partial charge is 1.00 e. The number of rotatable bonds is 0. The van der Waals surface area contributed by atoms with E-state index in [4.69, 9.17) is 10.0 Å². The predicted octanol–water partition coefficient (Wildman–Crippen LogP) is -8.75. The number of hydrogen-bond donors (Lipinski definition) is 0. The van der Waals surface area contributed by atoms with Crippen LogP contribution in [0.4, 0.5) is 0 Å². The average Bonchev–Trinajstić information content (AvgIpc) is 0.918. The Morgan fingerprint density at radius 2 is 1.00 bits per heavy atom. The molecule has 0 heterocycles. The van der Waals surface area contributed by atoms with E-state index in [-0.39, 0.29) is 116 Å². The van der Waals surface area contributed by atoms with Crippen molar-refractivity contribution < 1.29 is 126 Å². The summed E-state index contributed by atoms with van der Waals surface area (Å²) in [5.74, 6) is 0. The summed E-state index contributed by atoms with van der Waals surface area (Å²) in [4.78, 5) is 0. The second kappa shape index (κ2) is 15.6. The maximum absolute atomic E-state index is 8.25. The van der Waals surface area contributed by atoms with Gasteiger partial charge in [-0.3, -0.25) is 0 Å². The molecule has 5 heavy (non-hydrogen) atoms. The summed E-state index contributed by atoms with van der Waals surface area (Å²) < 4.78 is 0. The third kappa shape index (κ3) is 18.4. The molecule has 0 unspecified atom stereocenters. The summed E-state index contributed by atoms with van der Waals surface area (Å²) in [5.41, 5.74) is 0. The van der Waals surface area contributed by atoms with Crippen molar-refractivity contribution in [1.82, 2.24) is 0 Å². The molecule has 2 nitrogen and oxygen atoms in total. The topological polar surface area (TPSA) is 46.1 Å². The van der Waals surface area contributed by atoms with Crippen LogP contribution in [-0.2, 0) is 0 Å². The van der Waals surface area contributed by atoms with Crippen LogP contribution in [0.5, 0.6) is 0 Å². The fourth-order valence-electron chi connectivity index (χ4n) is 0. The van der Waals surface area contributed by atoms with Crippen LogP contribution in [0.15, 0.2) is 0 Å². The molecule has 0 bridgehead atoms. The van der Waals surface area contributed by atoms with Crippen LogP contribution in [0, 0.1) is 0 Å². The van der Waals surface area contributed by atoms with E-state index < -0.39 is 7.69 Å². The Morgan fingerprint density at radius 1 is 1.00 bits per heavy atom. The van der Waals surface area contributed by atoms with E-state index in [0.29, 0.717) is 0 Å². The summed E-state index contributed by atoms with van der Waals surface area (Å²) in [6.45, 7) is 0. The first kappa shape index (κ1) is 15.8. The van der Waals surface area contributed by atoms with Gasteiger partial charge in [-0.15, -0.1) is 0 Å². The minimum Gasteiger partial charge on any atom is -0.900 e. The van der Waals surface area contributed by atoms with Crippen molar-refractivity contribution in [3.8, 4) is 0 Å². The van der Waals surface area contributed by atoms with Gasteiger partial charge in [0, 0.05) is 0 Å². The minimum atomic E-state index is -0.500. The maximum atomic E-state index is 8.25. The fourth-order valence-corrected chi connectivity index (χ4v) is 0. The van der Waals surface area contributed by atoms with E-state index in [1.807, 2.05) is 0 Å². The molecular weight excluding hydrogens is 214 g/mol. The van der Waals surface area contributed by atoms with Crippen molar-refractivity contribution >= 4 is 7.69 Å². The molecule has 0 spiro atoms. The third-order valence-corrected chi connectivity index (χ3v) is 0. The standard InChI is InChI=1S/BO2.2Rb/c2-1-3;;/q-2;2*+1. The van der Waals surface area contributed by atoms with Gasteiger partial charge in [0.1, 0.15) is 0 Å². The van der Waals surface area contributed by atoms with Crippen LogP contribution < -0.4 is 126 Å². The average molecular weight is 214 g/mol. The summed E-state index contributed by atoms with van der Waals surface area (Å²) >= 11 is 0. The summed E-state index contributed by atoms with van der Waals surface area (Å²) in [5, 5.41) is 16.5. The van der Waals surface area contributed by atoms with Gasteiger partial charge in [-0.1, -0.05) is 0 Å². The Labute approximate surface area is 130 Å². The van der Waals surface area contributed by atoms with Crippen molar-refractivity contribution in [3.05, 3.63) is 0 Å². The maximum Gasteiger partial charge on any atom is 1.00 e. The molecule has 0 amide bonds. The molecule has 0 aliphatic rings. The molecule has 17 valence electrons. The van der Waals surface area contributed by atoms with E-state index in [9.17, 15) is 0 Å². The molecule has 0 fully saturated rings. The molecule has 0 aliphatic carbocycles. The molecule has 0 N–H and O–H groups in total. The zero-order chi connectivity index (χ0) is 2.71. The van der Waals surface area contributed by atoms with Crippen molar-refractivity contribution in [3.63, 3.8) is 0 Å². The van der Waals surface area contributed by atoms with Gasteiger partial charge in [0.05, 0.1) is 0 Å². The first-order chi connectivity index (χ1) is 1.41. The van der Waals surface area contributed by atoms with Gasteiger partial charge in [-0.2, -0.15) is 0 Å². The molecule has 1 radical (unpaired) electrons. The van der Waals surface area contributed by atoms with Crippen LogP contribution in [0.25, 0.3) is 0 Å². The van der Waals surface area contributed by atoms with Crippen LogP contribution in [0.3, 0.4) is 0 Å². The van der Waals surface area contributed by atoms with E-state index in [1.165, 1.54) is 0 Å². The summed E-state index contributed by atoms with van der Waals surface area (Å²) in [6.07, 6.45) is 0. The van der Waals surface area contributed by atoms with Crippen LogP contribution in [-0.4, -0.2) is 7.69 Å². The molecule has 0 aromatic rings. The smallest absolute Gasteiger partial charge is 0.900 e. The Bertz CT molecular complexity index is 7.61. The van der Waals surface area contributed by atoms with Crippen molar-refractivity contribution in [2.45, 2.75) is 0 Å². The Balaban J connectivity index is -0.0000000200. The first-order valence-electron chi connectivity index (χ1n) is 0.471. The van der Waals surface area contributed by atoms with Gasteiger partial charge >= 0.3 is 116 Å². The predicted molar refractivity (Wildman–Crippen MR) is 5.75 cm³/mol. The van der Waals surface area contributed by atoms with Gasteiger partial charge in [-0.25, -0.2) is 7.69 Å². The van der Waals surface area contributed by atoms with E-state index in [1.54, 1.807) is 0 Å². The Kier molecular flexibility index (Phi) is 49.6. The normalized spacial score (nSPS) is 2.80. The van der Waals surface area contributed by atoms with E-state index in [0.717, 1.165) is 0 Å². The van der Waals surface area contributed by atoms with Gasteiger partial charge in [0.2, 0.25) is 0 Å². The molecule has 0 aromatic carbocycles. The van der Waals surface area contributed by atoms with Gasteiger partial charge in [0.15, 0.2) is 0 Å². The molecule has 0 rings (SSSR count). The number of hydrogen-bond acceptors (Lipinski definition) is 2. The molecule has 0 aliphatic heterocycles. The molecule has 0 aromatic heterocycles. The minimum absolute atomic E-state index is 0. The van der Waals surface area contributed by atoms with Crippen LogP contribution >= 0.6 is 0 Å². The molecule has 0 saturated carbocycles. The Hall–Kier alpha value is 3.60. The zero-order valence-corrected chi connectivity index (χ0v) is 13.2. The van der Waals surface area contributed by atoms with E-state index >= 15 is 0 Å². The van der Waals surface area contributed by atoms with Gasteiger partial charge in [0.25, 0.3) is 0 Å². The molecule has 5 heteroatoms. The molecule has 0 atom stereocenters. The third-order valence-electron chi connectivity index (χ3n) is 0. The summed E-state index contributed by atoms with van der Waals surface area (Å²) in [6, 6.07) is 0. The zero-order valence-electron chi connectivity index (χ0n) is 3.39. The first-order valence-corrected chi connectivity index (χ1v) is 0.471. The van der Waals surface area contributed by atoms with Crippen molar-refractivity contribution in [2.24, 2.45) is 0 Å². The van der Waals surface area contributed by atoms with Gasteiger partial charge < -0.3 is 10.0 Å².